The van der Waals surface area contributed by atoms with Crippen LogP contribution in [0.25, 0.3) is 0 Å². The van der Waals surface area contributed by atoms with E-state index in [9.17, 15) is 0 Å². The molecule has 0 spiro atoms. The molecule has 0 aromatic heterocycles. The maximum absolute atomic E-state index is 6.16. The van der Waals surface area contributed by atoms with Gasteiger partial charge in [-0.25, -0.2) is 0 Å². The van der Waals surface area contributed by atoms with E-state index in [2.05, 4.69) is 45.1 Å². The zero-order chi connectivity index (χ0) is 13.5. The van der Waals surface area contributed by atoms with Crippen LogP contribution in [-0.2, 0) is 0 Å². The smallest absolute Gasteiger partial charge is 0.0411 e. The van der Waals surface area contributed by atoms with E-state index in [-0.39, 0.29) is 0 Å². The molecule has 1 N–H and O–H groups in total. The molecule has 0 radical (unpaired) electrons. The van der Waals surface area contributed by atoms with Crippen molar-refractivity contribution in [2.45, 2.75) is 53.0 Å². The van der Waals surface area contributed by atoms with Gasteiger partial charge in [-0.2, -0.15) is 0 Å². The van der Waals surface area contributed by atoms with Crippen molar-refractivity contribution in [3.63, 3.8) is 0 Å². The monoisotopic (exact) mass is 267 g/mol. The third-order valence-corrected chi connectivity index (χ3v) is 3.56. The fourth-order valence-electron chi connectivity index (χ4n) is 2.56. The summed E-state index contributed by atoms with van der Waals surface area (Å²) < 4.78 is 0. The first-order valence-electron chi connectivity index (χ1n) is 7.07. The van der Waals surface area contributed by atoms with E-state index in [0.717, 1.165) is 17.5 Å². The first-order valence-corrected chi connectivity index (χ1v) is 7.45. The fraction of sp³-hybridized carbons (Fsp3) is 0.625. The number of aryl methyl sites for hydroxylation is 1. The molecule has 0 aliphatic carbocycles. The van der Waals surface area contributed by atoms with Gasteiger partial charge < -0.3 is 5.32 Å². The van der Waals surface area contributed by atoms with Crippen LogP contribution in [-0.4, -0.2) is 6.54 Å². The standard InChI is InChI=1S/C16H26ClN/c1-5-7-12(3)10-16(18-6-2)14-8-13(4)9-15(17)11-14/h8-9,11-12,16,18H,5-7,10H2,1-4H3. The molecule has 0 saturated carbocycles. The third-order valence-electron chi connectivity index (χ3n) is 3.34. The van der Waals surface area contributed by atoms with Crippen LogP contribution in [0.15, 0.2) is 18.2 Å². The van der Waals surface area contributed by atoms with Crippen molar-refractivity contribution >= 4 is 11.6 Å². The largest absolute Gasteiger partial charge is 0.310 e. The Hall–Kier alpha value is -0.530. The van der Waals surface area contributed by atoms with Gasteiger partial charge in [-0.15, -0.1) is 0 Å². The number of halogens is 1. The van der Waals surface area contributed by atoms with Crippen molar-refractivity contribution in [2.75, 3.05) is 6.54 Å². The summed E-state index contributed by atoms with van der Waals surface area (Å²) in [6, 6.07) is 6.79. The second kappa shape index (κ2) is 7.81. The Kier molecular flexibility index (Phi) is 6.73. The van der Waals surface area contributed by atoms with Crippen molar-refractivity contribution in [3.8, 4) is 0 Å². The van der Waals surface area contributed by atoms with Crippen molar-refractivity contribution in [3.05, 3.63) is 34.3 Å². The SMILES string of the molecule is CCCC(C)CC(NCC)c1cc(C)cc(Cl)c1. The van der Waals surface area contributed by atoms with Gasteiger partial charge in [0, 0.05) is 11.1 Å². The molecular weight excluding hydrogens is 242 g/mol. The first kappa shape index (κ1) is 15.5. The Morgan fingerprint density at radius 3 is 2.50 bits per heavy atom. The van der Waals surface area contributed by atoms with Gasteiger partial charge in [0.05, 0.1) is 0 Å². The van der Waals surface area contributed by atoms with Crippen LogP contribution in [0.5, 0.6) is 0 Å². The van der Waals surface area contributed by atoms with E-state index in [1.807, 2.05) is 6.07 Å². The molecule has 18 heavy (non-hydrogen) atoms. The number of rotatable bonds is 7. The van der Waals surface area contributed by atoms with Gasteiger partial charge in [-0.1, -0.05) is 51.3 Å². The molecule has 1 aromatic carbocycles. The molecule has 0 saturated heterocycles. The van der Waals surface area contributed by atoms with Gasteiger partial charge in [-0.05, 0) is 49.1 Å². The zero-order valence-corrected chi connectivity index (χ0v) is 12.8. The Morgan fingerprint density at radius 2 is 1.94 bits per heavy atom. The van der Waals surface area contributed by atoms with Crippen molar-refractivity contribution in [1.29, 1.82) is 0 Å². The topological polar surface area (TPSA) is 12.0 Å². The Morgan fingerprint density at radius 1 is 1.22 bits per heavy atom. The lowest BCUT2D eigenvalue weighted by atomic mass is 9.92. The molecule has 1 nitrogen and oxygen atoms in total. The van der Waals surface area contributed by atoms with E-state index in [1.54, 1.807) is 0 Å². The lowest BCUT2D eigenvalue weighted by Crippen LogP contribution is -2.23. The van der Waals surface area contributed by atoms with Gasteiger partial charge in [0.2, 0.25) is 0 Å². The number of hydrogen-bond donors (Lipinski definition) is 1. The zero-order valence-electron chi connectivity index (χ0n) is 12.1. The second-order valence-corrected chi connectivity index (χ2v) is 5.74. The van der Waals surface area contributed by atoms with Gasteiger partial charge in [-0.3, -0.25) is 0 Å². The lowest BCUT2D eigenvalue weighted by molar-refractivity contribution is 0.395. The molecule has 0 fully saturated rings. The van der Waals surface area contributed by atoms with E-state index < -0.39 is 0 Å². The highest BCUT2D eigenvalue weighted by molar-refractivity contribution is 6.30. The van der Waals surface area contributed by atoms with Gasteiger partial charge >= 0.3 is 0 Å². The van der Waals surface area contributed by atoms with Crippen LogP contribution in [0.3, 0.4) is 0 Å². The minimum atomic E-state index is 0.425. The van der Waals surface area contributed by atoms with Crippen molar-refractivity contribution in [2.24, 2.45) is 5.92 Å². The summed E-state index contributed by atoms with van der Waals surface area (Å²) in [5.74, 6) is 0.748. The van der Waals surface area contributed by atoms with Crippen molar-refractivity contribution < 1.29 is 0 Å². The highest BCUT2D eigenvalue weighted by Crippen LogP contribution is 2.26. The average Bonchev–Trinajstić information content (AvgIpc) is 2.27. The number of benzene rings is 1. The summed E-state index contributed by atoms with van der Waals surface area (Å²) in [5.41, 5.74) is 2.56. The summed E-state index contributed by atoms with van der Waals surface area (Å²) in [4.78, 5) is 0. The second-order valence-electron chi connectivity index (χ2n) is 5.30. The van der Waals surface area contributed by atoms with Crippen molar-refractivity contribution in [1.82, 2.24) is 5.32 Å². The van der Waals surface area contributed by atoms with E-state index >= 15 is 0 Å². The summed E-state index contributed by atoms with van der Waals surface area (Å²) in [6.45, 7) is 9.85. The fourth-order valence-corrected chi connectivity index (χ4v) is 2.86. The number of hydrogen-bond acceptors (Lipinski definition) is 1. The highest BCUT2D eigenvalue weighted by Gasteiger charge is 2.14. The molecule has 102 valence electrons. The molecule has 0 aliphatic heterocycles. The summed E-state index contributed by atoms with van der Waals surface area (Å²) in [6.07, 6.45) is 3.73. The lowest BCUT2D eigenvalue weighted by Gasteiger charge is -2.22. The third kappa shape index (κ3) is 4.99. The molecule has 2 unspecified atom stereocenters. The van der Waals surface area contributed by atoms with Gasteiger partial charge in [0.1, 0.15) is 0 Å². The van der Waals surface area contributed by atoms with Crippen LogP contribution >= 0.6 is 11.6 Å². The Bertz CT molecular complexity index is 342. The normalized spacial score (nSPS) is 14.5. The summed E-state index contributed by atoms with van der Waals surface area (Å²) >= 11 is 6.16. The van der Waals surface area contributed by atoms with E-state index in [0.29, 0.717) is 6.04 Å². The summed E-state index contributed by atoms with van der Waals surface area (Å²) in [5, 5.41) is 4.43. The predicted molar refractivity (Wildman–Crippen MR) is 81.3 cm³/mol. The van der Waals surface area contributed by atoms with Crippen LogP contribution in [0.4, 0.5) is 0 Å². The molecule has 0 aliphatic rings. The highest BCUT2D eigenvalue weighted by atomic mass is 35.5. The molecule has 0 heterocycles. The molecule has 0 bridgehead atoms. The molecule has 2 heteroatoms. The average molecular weight is 268 g/mol. The minimum Gasteiger partial charge on any atom is -0.310 e. The quantitative estimate of drug-likeness (QED) is 0.723. The van der Waals surface area contributed by atoms with Crippen LogP contribution in [0.1, 0.15) is 57.2 Å². The number of nitrogens with one attached hydrogen (secondary N) is 1. The molecule has 0 amide bonds. The van der Waals surface area contributed by atoms with Crippen LogP contribution in [0, 0.1) is 12.8 Å². The van der Waals surface area contributed by atoms with E-state index in [1.165, 1.54) is 30.4 Å². The molecule has 1 aromatic rings. The maximum atomic E-state index is 6.16. The predicted octanol–water partition coefficient (Wildman–Crippen LogP) is 5.13. The minimum absolute atomic E-state index is 0.425. The van der Waals surface area contributed by atoms with E-state index in [4.69, 9.17) is 11.6 Å². The Balaban J connectivity index is 2.82. The Labute approximate surface area is 117 Å². The van der Waals surface area contributed by atoms with Gasteiger partial charge in [0.25, 0.3) is 0 Å². The van der Waals surface area contributed by atoms with Gasteiger partial charge in [0.15, 0.2) is 0 Å². The summed E-state index contributed by atoms with van der Waals surface area (Å²) in [7, 11) is 0. The molecular formula is C16H26ClN. The molecule has 2 atom stereocenters. The first-order chi connectivity index (χ1) is 8.56. The van der Waals surface area contributed by atoms with Crippen LogP contribution in [0.2, 0.25) is 5.02 Å². The van der Waals surface area contributed by atoms with Crippen LogP contribution < -0.4 is 5.32 Å². The maximum Gasteiger partial charge on any atom is 0.0411 e. The molecule has 1 rings (SSSR count).